The van der Waals surface area contributed by atoms with Gasteiger partial charge in [0.25, 0.3) is 0 Å². The van der Waals surface area contributed by atoms with Crippen LogP contribution in [0.4, 0.5) is 0 Å². The monoisotopic (exact) mass is 348 g/mol. The molecule has 0 bridgehead atoms. The number of carbonyl (C=O) groups is 1. The molecule has 2 aromatic carbocycles. The number of nitrogens with one attached hydrogen (secondary N) is 1. The van der Waals surface area contributed by atoms with Crippen LogP contribution in [0.15, 0.2) is 59.1 Å². The van der Waals surface area contributed by atoms with Gasteiger partial charge in [-0.25, -0.2) is 9.78 Å². The first-order valence-electron chi connectivity index (χ1n) is 8.01. The van der Waals surface area contributed by atoms with Crippen molar-refractivity contribution in [2.24, 2.45) is 0 Å². The minimum atomic E-state index is -0.553. The van der Waals surface area contributed by atoms with Gasteiger partial charge in [-0.1, -0.05) is 24.3 Å². The Morgan fingerprint density at radius 2 is 1.96 bits per heavy atom. The molecule has 2 heterocycles. The van der Waals surface area contributed by atoms with Crippen LogP contribution in [-0.4, -0.2) is 30.2 Å². The number of aromatic nitrogens is 2. The Hall–Kier alpha value is -3.54. The highest BCUT2D eigenvalue weighted by Gasteiger charge is 2.24. The molecule has 4 aromatic rings. The summed E-state index contributed by atoms with van der Waals surface area (Å²) in [6.45, 7) is 0. The van der Waals surface area contributed by atoms with Crippen LogP contribution in [0, 0.1) is 0 Å². The lowest BCUT2D eigenvalue weighted by Crippen LogP contribution is -2.03. The average molecular weight is 348 g/mol. The second-order valence-corrected chi connectivity index (χ2v) is 5.67. The van der Waals surface area contributed by atoms with Crippen molar-refractivity contribution in [3.05, 3.63) is 60.4 Å². The molecule has 0 aliphatic rings. The van der Waals surface area contributed by atoms with Gasteiger partial charge in [0.05, 0.1) is 14.2 Å². The van der Waals surface area contributed by atoms with E-state index in [0.717, 1.165) is 16.5 Å². The van der Waals surface area contributed by atoms with Gasteiger partial charge >= 0.3 is 5.97 Å². The van der Waals surface area contributed by atoms with Gasteiger partial charge in [0.15, 0.2) is 11.5 Å². The maximum Gasteiger partial charge on any atom is 0.360 e. The first kappa shape index (κ1) is 16.0. The number of aromatic amines is 1. The van der Waals surface area contributed by atoms with Gasteiger partial charge in [-0.05, 0) is 24.3 Å². The molecule has 0 atom stereocenters. The van der Waals surface area contributed by atoms with E-state index in [1.807, 2.05) is 42.5 Å². The largest absolute Gasteiger partial charge is 0.497 e. The Balaban J connectivity index is 1.91. The molecule has 130 valence electrons. The summed E-state index contributed by atoms with van der Waals surface area (Å²) >= 11 is 0. The highest BCUT2D eigenvalue weighted by Crippen LogP contribution is 2.35. The number of ether oxygens (including phenoxy) is 2. The third-order valence-electron chi connectivity index (χ3n) is 4.16. The molecular formula is C20H16N2O4. The van der Waals surface area contributed by atoms with Crippen LogP contribution in [0.2, 0.25) is 0 Å². The van der Waals surface area contributed by atoms with Crippen LogP contribution in [0.1, 0.15) is 10.5 Å². The molecule has 0 saturated carbocycles. The summed E-state index contributed by atoms with van der Waals surface area (Å²) in [7, 11) is 2.91. The predicted octanol–water partition coefficient (Wildman–Crippen LogP) is 4.29. The lowest BCUT2D eigenvalue weighted by molar-refractivity contribution is 0.0595. The Morgan fingerprint density at radius 3 is 2.77 bits per heavy atom. The highest BCUT2D eigenvalue weighted by molar-refractivity contribution is 6.01. The predicted molar refractivity (Wildman–Crippen MR) is 97.1 cm³/mol. The van der Waals surface area contributed by atoms with E-state index in [9.17, 15) is 4.79 Å². The lowest BCUT2D eigenvalue weighted by Gasteiger charge is -2.00. The zero-order chi connectivity index (χ0) is 18.1. The number of fused-ring (bicyclic) bond motifs is 1. The normalized spacial score (nSPS) is 10.8. The number of rotatable bonds is 4. The summed E-state index contributed by atoms with van der Waals surface area (Å²) in [6, 6.07) is 15.1. The van der Waals surface area contributed by atoms with E-state index in [1.54, 1.807) is 19.4 Å². The van der Waals surface area contributed by atoms with Crippen LogP contribution >= 0.6 is 0 Å². The quantitative estimate of drug-likeness (QED) is 0.557. The summed E-state index contributed by atoms with van der Waals surface area (Å²) in [5, 5.41) is 0.936. The number of esters is 1. The number of nitrogens with zero attached hydrogens (tertiary/aromatic N) is 1. The van der Waals surface area contributed by atoms with Gasteiger partial charge < -0.3 is 18.9 Å². The number of carbonyl (C=O) groups excluding carboxylic acids is 1. The zero-order valence-electron chi connectivity index (χ0n) is 14.3. The van der Waals surface area contributed by atoms with E-state index in [2.05, 4.69) is 9.97 Å². The van der Waals surface area contributed by atoms with Crippen molar-refractivity contribution in [2.45, 2.75) is 0 Å². The number of H-pyrrole nitrogens is 1. The van der Waals surface area contributed by atoms with E-state index < -0.39 is 5.97 Å². The van der Waals surface area contributed by atoms with E-state index in [4.69, 9.17) is 13.9 Å². The smallest absolute Gasteiger partial charge is 0.360 e. The van der Waals surface area contributed by atoms with Gasteiger partial charge in [-0.15, -0.1) is 0 Å². The van der Waals surface area contributed by atoms with Crippen LogP contribution in [0.3, 0.4) is 0 Å². The van der Waals surface area contributed by atoms with Crippen LogP contribution in [0.25, 0.3) is 33.7 Å². The number of oxazole rings is 1. The Bertz CT molecular complexity index is 1090. The fraction of sp³-hybridized carbons (Fsp3) is 0.100. The van der Waals surface area contributed by atoms with E-state index in [0.29, 0.717) is 23.0 Å². The molecule has 6 heteroatoms. The molecule has 0 saturated heterocycles. The third kappa shape index (κ3) is 2.61. The molecule has 0 aliphatic carbocycles. The van der Waals surface area contributed by atoms with Gasteiger partial charge in [0, 0.05) is 28.2 Å². The number of para-hydroxylation sites is 1. The first-order valence-corrected chi connectivity index (χ1v) is 8.01. The first-order chi connectivity index (χ1) is 12.7. The minimum Gasteiger partial charge on any atom is -0.497 e. The fourth-order valence-electron chi connectivity index (χ4n) is 2.88. The van der Waals surface area contributed by atoms with Crippen molar-refractivity contribution in [1.82, 2.24) is 9.97 Å². The van der Waals surface area contributed by atoms with Crippen molar-refractivity contribution >= 4 is 16.9 Å². The van der Waals surface area contributed by atoms with Crippen LogP contribution in [-0.2, 0) is 4.74 Å². The molecule has 0 fully saturated rings. The van der Waals surface area contributed by atoms with Crippen molar-refractivity contribution in [1.29, 1.82) is 0 Å². The SMILES string of the molecule is COC(=O)c1nc(-c2cccc(OC)c2)oc1-c1c[nH]c2ccccc12. The number of methoxy groups -OCH3 is 2. The van der Waals surface area contributed by atoms with Crippen LogP contribution < -0.4 is 4.74 Å². The maximum absolute atomic E-state index is 12.3. The molecule has 0 unspecified atom stereocenters. The molecule has 6 nitrogen and oxygen atoms in total. The zero-order valence-corrected chi connectivity index (χ0v) is 14.3. The summed E-state index contributed by atoms with van der Waals surface area (Å²) in [6.07, 6.45) is 1.80. The minimum absolute atomic E-state index is 0.134. The van der Waals surface area contributed by atoms with Crippen molar-refractivity contribution in [2.75, 3.05) is 14.2 Å². The molecule has 26 heavy (non-hydrogen) atoms. The topological polar surface area (TPSA) is 77.3 Å². The second-order valence-electron chi connectivity index (χ2n) is 5.67. The highest BCUT2D eigenvalue weighted by atomic mass is 16.5. The van der Waals surface area contributed by atoms with Gasteiger partial charge in [-0.3, -0.25) is 0 Å². The molecule has 0 aliphatic heterocycles. The van der Waals surface area contributed by atoms with Crippen molar-refractivity contribution in [3.8, 4) is 28.5 Å². The van der Waals surface area contributed by atoms with Gasteiger partial charge in [-0.2, -0.15) is 0 Å². The van der Waals surface area contributed by atoms with E-state index in [1.165, 1.54) is 7.11 Å². The standard InChI is InChI=1S/C20H16N2O4/c1-24-13-7-5-6-12(10-13)19-22-17(20(23)25-2)18(26-19)15-11-21-16-9-4-3-8-14(15)16/h3-11,21H,1-2H3. The Labute approximate surface area is 149 Å². The molecular weight excluding hydrogens is 332 g/mol. The molecule has 0 radical (unpaired) electrons. The summed E-state index contributed by atoms with van der Waals surface area (Å²) in [5.74, 6) is 0.814. The summed E-state index contributed by atoms with van der Waals surface area (Å²) in [5.41, 5.74) is 2.54. The number of hydrogen-bond acceptors (Lipinski definition) is 5. The molecule has 0 spiro atoms. The maximum atomic E-state index is 12.3. The van der Waals surface area contributed by atoms with E-state index in [-0.39, 0.29) is 5.69 Å². The van der Waals surface area contributed by atoms with Crippen molar-refractivity contribution in [3.63, 3.8) is 0 Å². The summed E-state index contributed by atoms with van der Waals surface area (Å²) < 4.78 is 16.1. The van der Waals surface area contributed by atoms with Gasteiger partial charge in [0.2, 0.25) is 5.89 Å². The fourth-order valence-corrected chi connectivity index (χ4v) is 2.88. The Morgan fingerprint density at radius 1 is 1.12 bits per heavy atom. The molecule has 1 N–H and O–H groups in total. The summed E-state index contributed by atoms with van der Waals surface area (Å²) in [4.78, 5) is 19.8. The van der Waals surface area contributed by atoms with Crippen LogP contribution in [0.5, 0.6) is 5.75 Å². The lowest BCUT2D eigenvalue weighted by atomic mass is 10.1. The molecule has 2 aromatic heterocycles. The number of hydrogen-bond donors (Lipinski definition) is 1. The van der Waals surface area contributed by atoms with Gasteiger partial charge in [0.1, 0.15) is 5.75 Å². The second kappa shape index (κ2) is 6.40. The third-order valence-corrected chi connectivity index (χ3v) is 4.16. The van der Waals surface area contributed by atoms with Crippen molar-refractivity contribution < 1.29 is 18.7 Å². The number of benzene rings is 2. The molecule has 0 amide bonds. The average Bonchev–Trinajstić information content (AvgIpc) is 3.31. The Kier molecular flexibility index (Phi) is 3.93. The molecule has 4 rings (SSSR count). The van der Waals surface area contributed by atoms with E-state index >= 15 is 0 Å².